The molecule has 5 rings (SSSR count). The average molecular weight is 510 g/mol. The SMILES string of the molecule is CO[C@@]1(N)C(=O)N2C(C(=O)OC(c3ccccc3)c3ccccc3)=C(CSc3c[nH]nn3)CS[C@H]21. The van der Waals surface area contributed by atoms with E-state index in [4.69, 9.17) is 15.2 Å². The number of ether oxygens (including phenoxy) is 2. The van der Waals surface area contributed by atoms with Crippen molar-refractivity contribution >= 4 is 35.4 Å². The van der Waals surface area contributed by atoms with Crippen molar-refractivity contribution in [3.8, 4) is 0 Å². The number of hydrogen-bond donors (Lipinski definition) is 2. The minimum atomic E-state index is -1.47. The predicted octanol–water partition coefficient (Wildman–Crippen LogP) is 2.70. The van der Waals surface area contributed by atoms with Gasteiger partial charge in [-0.3, -0.25) is 20.5 Å². The maximum absolute atomic E-state index is 13.8. The lowest BCUT2D eigenvalue weighted by Gasteiger charge is -2.54. The number of aromatic nitrogens is 3. The summed E-state index contributed by atoms with van der Waals surface area (Å²) in [4.78, 5) is 28.2. The maximum Gasteiger partial charge on any atom is 0.356 e. The number of β-lactam (4-membered cyclic amide) rings is 1. The Balaban J connectivity index is 1.49. The summed E-state index contributed by atoms with van der Waals surface area (Å²) in [6.45, 7) is 0. The van der Waals surface area contributed by atoms with Gasteiger partial charge in [0.1, 0.15) is 16.1 Å². The van der Waals surface area contributed by atoms with Crippen LogP contribution < -0.4 is 5.73 Å². The Labute approximate surface area is 210 Å². The van der Waals surface area contributed by atoms with Crippen molar-refractivity contribution < 1.29 is 19.1 Å². The molecule has 0 bridgehead atoms. The van der Waals surface area contributed by atoms with Gasteiger partial charge in [-0.1, -0.05) is 77.6 Å². The molecule has 3 heterocycles. The number of amides is 1. The topological polar surface area (TPSA) is 123 Å². The summed E-state index contributed by atoms with van der Waals surface area (Å²) in [5.41, 5.74) is 7.36. The zero-order valence-corrected chi connectivity index (χ0v) is 20.4. The molecule has 3 aromatic rings. The molecule has 180 valence electrons. The molecule has 1 saturated heterocycles. The van der Waals surface area contributed by atoms with E-state index in [1.807, 2.05) is 60.7 Å². The number of carbonyl (C=O) groups is 2. The third-order valence-electron chi connectivity index (χ3n) is 5.89. The van der Waals surface area contributed by atoms with Gasteiger partial charge in [0.25, 0.3) is 5.91 Å². The first-order chi connectivity index (χ1) is 17.0. The fourth-order valence-corrected chi connectivity index (χ4v) is 6.39. The number of thioether (sulfide) groups is 2. The van der Waals surface area contributed by atoms with Crippen LogP contribution in [0.2, 0.25) is 0 Å². The minimum absolute atomic E-state index is 0.213. The van der Waals surface area contributed by atoms with E-state index < -0.39 is 29.1 Å². The first-order valence-electron chi connectivity index (χ1n) is 10.8. The monoisotopic (exact) mass is 509 g/mol. The summed E-state index contributed by atoms with van der Waals surface area (Å²) in [7, 11) is 1.40. The van der Waals surface area contributed by atoms with Crippen LogP contribution in [0.3, 0.4) is 0 Å². The molecule has 0 aliphatic carbocycles. The number of esters is 1. The Morgan fingerprint density at radius 1 is 1.23 bits per heavy atom. The van der Waals surface area contributed by atoms with Crippen molar-refractivity contribution in [2.75, 3.05) is 18.6 Å². The summed E-state index contributed by atoms with van der Waals surface area (Å²) in [5.74, 6) is -0.126. The number of hydrogen-bond acceptors (Lipinski definition) is 9. The van der Waals surface area contributed by atoms with Crippen molar-refractivity contribution in [2.24, 2.45) is 5.73 Å². The van der Waals surface area contributed by atoms with Gasteiger partial charge < -0.3 is 9.47 Å². The standard InChI is InChI=1S/C24H23N5O4S2/c1-32-24(25)22(31)29-19(17(14-35-23(24)29)13-34-18-12-26-28-27-18)21(30)33-20(15-8-4-2-5-9-15)16-10-6-3-7-11-16/h2-12,20,23H,13-14,25H2,1H3,(H,26,27,28)/t23-,24-/m0/s1. The second-order valence-corrected chi connectivity index (χ2v) is 10.1. The highest BCUT2D eigenvalue weighted by atomic mass is 32.2. The van der Waals surface area contributed by atoms with E-state index in [0.29, 0.717) is 16.5 Å². The Morgan fingerprint density at radius 3 is 2.46 bits per heavy atom. The van der Waals surface area contributed by atoms with Gasteiger partial charge in [0, 0.05) is 18.6 Å². The van der Waals surface area contributed by atoms with Gasteiger partial charge in [0.15, 0.2) is 6.10 Å². The summed E-state index contributed by atoms with van der Waals surface area (Å²) in [6.07, 6.45) is 1.03. The van der Waals surface area contributed by atoms with E-state index in [1.54, 1.807) is 6.20 Å². The lowest BCUT2D eigenvalue weighted by molar-refractivity contribution is -0.183. The molecular formula is C24H23N5O4S2. The van der Waals surface area contributed by atoms with Gasteiger partial charge in [-0.2, -0.15) is 0 Å². The number of benzene rings is 2. The molecule has 2 aliphatic heterocycles. The Morgan fingerprint density at radius 2 is 1.89 bits per heavy atom. The largest absolute Gasteiger partial charge is 0.448 e. The van der Waals surface area contributed by atoms with Crippen LogP contribution in [0, 0.1) is 0 Å². The molecule has 2 atom stereocenters. The third-order valence-corrected chi connectivity index (χ3v) is 8.27. The normalized spacial score (nSPS) is 21.6. The molecule has 1 amide bonds. The number of methoxy groups -OCH3 is 1. The van der Waals surface area contributed by atoms with Gasteiger partial charge in [-0.25, -0.2) is 4.79 Å². The fraction of sp³-hybridized carbons (Fsp3) is 0.250. The highest BCUT2D eigenvalue weighted by molar-refractivity contribution is 8.01. The minimum Gasteiger partial charge on any atom is -0.448 e. The Kier molecular flexibility index (Phi) is 6.65. The third kappa shape index (κ3) is 4.36. The number of H-pyrrole nitrogens is 1. The summed E-state index contributed by atoms with van der Waals surface area (Å²) < 4.78 is 11.4. The van der Waals surface area contributed by atoms with Crippen LogP contribution in [0.25, 0.3) is 0 Å². The van der Waals surface area contributed by atoms with Crippen molar-refractivity contribution in [3.63, 3.8) is 0 Å². The molecule has 0 saturated carbocycles. The van der Waals surface area contributed by atoms with E-state index in [9.17, 15) is 9.59 Å². The van der Waals surface area contributed by atoms with Crippen molar-refractivity contribution in [1.82, 2.24) is 20.3 Å². The molecule has 0 radical (unpaired) electrons. The van der Waals surface area contributed by atoms with Gasteiger partial charge in [-0.05, 0) is 16.7 Å². The molecular weight excluding hydrogens is 486 g/mol. The van der Waals surface area contributed by atoms with E-state index >= 15 is 0 Å². The maximum atomic E-state index is 13.8. The van der Waals surface area contributed by atoms with Crippen LogP contribution in [0.5, 0.6) is 0 Å². The molecule has 0 unspecified atom stereocenters. The van der Waals surface area contributed by atoms with E-state index in [2.05, 4.69) is 15.4 Å². The number of nitrogens with zero attached hydrogens (tertiary/aromatic N) is 3. The lowest BCUT2D eigenvalue weighted by atomic mass is 9.99. The molecule has 2 aromatic carbocycles. The number of carbonyl (C=O) groups excluding carboxylic acids is 2. The molecule has 9 nitrogen and oxygen atoms in total. The second kappa shape index (κ2) is 9.86. The number of fused-ring (bicyclic) bond motifs is 1. The highest BCUT2D eigenvalue weighted by Crippen LogP contribution is 2.46. The number of nitrogens with one attached hydrogen (secondary N) is 1. The number of aromatic amines is 1. The fourth-order valence-electron chi connectivity index (χ4n) is 4.07. The molecule has 35 heavy (non-hydrogen) atoms. The van der Waals surface area contributed by atoms with E-state index in [1.165, 1.54) is 35.5 Å². The zero-order valence-electron chi connectivity index (χ0n) is 18.8. The van der Waals surface area contributed by atoms with Gasteiger partial charge in [0.05, 0.1) is 6.20 Å². The number of nitrogens with two attached hydrogens (primary N) is 1. The first-order valence-corrected chi connectivity index (χ1v) is 12.9. The van der Waals surface area contributed by atoms with Gasteiger partial charge in [-0.15, -0.1) is 16.9 Å². The van der Waals surface area contributed by atoms with E-state index in [-0.39, 0.29) is 5.70 Å². The predicted molar refractivity (Wildman–Crippen MR) is 132 cm³/mol. The molecule has 1 aromatic heterocycles. The van der Waals surface area contributed by atoms with Crippen LogP contribution in [-0.2, 0) is 19.1 Å². The Bertz CT molecular complexity index is 1200. The summed E-state index contributed by atoms with van der Waals surface area (Å²) >= 11 is 2.87. The highest BCUT2D eigenvalue weighted by Gasteiger charge is 2.63. The van der Waals surface area contributed by atoms with Crippen LogP contribution >= 0.6 is 23.5 Å². The zero-order chi connectivity index (χ0) is 24.4. The molecule has 3 N–H and O–H groups in total. The Hall–Kier alpha value is -3.12. The molecule has 2 aliphatic rings. The van der Waals surface area contributed by atoms with Crippen LogP contribution in [0.15, 0.2) is 83.2 Å². The van der Waals surface area contributed by atoms with E-state index in [0.717, 1.165) is 16.7 Å². The van der Waals surface area contributed by atoms with Gasteiger partial charge >= 0.3 is 5.97 Å². The first kappa shape index (κ1) is 23.6. The van der Waals surface area contributed by atoms with Crippen LogP contribution in [0.1, 0.15) is 17.2 Å². The van der Waals surface area contributed by atoms with Crippen molar-refractivity contribution in [3.05, 3.63) is 89.3 Å². The molecule has 0 spiro atoms. The smallest absolute Gasteiger partial charge is 0.356 e. The molecule has 1 fully saturated rings. The van der Waals surface area contributed by atoms with Crippen LogP contribution in [0.4, 0.5) is 0 Å². The van der Waals surface area contributed by atoms with Gasteiger partial charge in [0.2, 0.25) is 5.72 Å². The van der Waals surface area contributed by atoms with Crippen molar-refractivity contribution in [2.45, 2.75) is 22.2 Å². The second-order valence-electron chi connectivity index (χ2n) is 7.99. The number of rotatable bonds is 8. The lowest BCUT2D eigenvalue weighted by Crippen LogP contribution is -2.78. The molecule has 11 heteroatoms. The van der Waals surface area contributed by atoms with Crippen LogP contribution in [-0.4, -0.2) is 61.9 Å². The quantitative estimate of drug-likeness (QED) is 0.204. The summed E-state index contributed by atoms with van der Waals surface area (Å²) in [5, 5.41) is 10.5. The van der Waals surface area contributed by atoms with Crippen molar-refractivity contribution in [1.29, 1.82) is 0 Å². The summed E-state index contributed by atoms with van der Waals surface area (Å²) in [6, 6.07) is 19.0. The average Bonchev–Trinajstić information content (AvgIpc) is 3.44.